The molecule has 6 nitrogen and oxygen atoms in total. The number of hydrogen-bond acceptors (Lipinski definition) is 5. The molecule has 0 aromatic heterocycles. The summed E-state index contributed by atoms with van der Waals surface area (Å²) >= 11 is 11.6. The minimum absolute atomic E-state index is 0.0304. The Bertz CT molecular complexity index is 853. The molecule has 0 radical (unpaired) electrons. The molecule has 0 saturated heterocycles. The Hall–Kier alpha value is -1.96. The van der Waals surface area contributed by atoms with E-state index in [0.29, 0.717) is 17.2 Å². The second-order valence-electron chi connectivity index (χ2n) is 4.59. The van der Waals surface area contributed by atoms with Crippen molar-refractivity contribution in [1.82, 2.24) is 4.83 Å². The van der Waals surface area contributed by atoms with Crippen molar-refractivity contribution in [2.24, 2.45) is 5.10 Å². The van der Waals surface area contributed by atoms with Gasteiger partial charge in [0.25, 0.3) is 10.0 Å². The average Bonchev–Trinajstić information content (AvgIpc) is 2.52. The number of hydrazone groups is 1. The van der Waals surface area contributed by atoms with Crippen LogP contribution >= 0.6 is 23.2 Å². The number of phenolic OH excluding ortho intramolecular Hbond substituents is 1. The van der Waals surface area contributed by atoms with Crippen molar-refractivity contribution >= 4 is 39.4 Å². The van der Waals surface area contributed by atoms with Crippen LogP contribution in [-0.2, 0) is 10.0 Å². The molecule has 2 aromatic carbocycles. The van der Waals surface area contributed by atoms with Crippen molar-refractivity contribution in [2.75, 3.05) is 6.61 Å². The van der Waals surface area contributed by atoms with E-state index in [2.05, 4.69) is 9.93 Å². The van der Waals surface area contributed by atoms with Crippen LogP contribution in [0.5, 0.6) is 11.5 Å². The Morgan fingerprint density at radius 3 is 2.54 bits per heavy atom. The summed E-state index contributed by atoms with van der Waals surface area (Å²) in [7, 11) is -3.81. The standard InChI is InChI=1S/C15H14Cl2N2O4S/c1-2-23-14-8-10(7-13(17)15(14)20)9-18-19-24(21,22)12-5-3-11(16)4-6-12/h3-9,19-20H,2H2,1H3/b18-9+. The molecule has 0 spiro atoms. The van der Waals surface area contributed by atoms with Crippen LogP contribution in [0, 0.1) is 0 Å². The van der Waals surface area contributed by atoms with Gasteiger partial charge in [-0.25, -0.2) is 4.83 Å². The zero-order valence-electron chi connectivity index (χ0n) is 12.5. The SMILES string of the molecule is CCOc1cc(/C=N/NS(=O)(=O)c2ccc(Cl)cc2)cc(Cl)c1O. The minimum atomic E-state index is -3.81. The monoisotopic (exact) mass is 388 g/mol. The van der Waals surface area contributed by atoms with Crippen molar-refractivity contribution < 1.29 is 18.3 Å². The van der Waals surface area contributed by atoms with E-state index in [0.717, 1.165) is 0 Å². The lowest BCUT2D eigenvalue weighted by Gasteiger charge is -2.08. The highest BCUT2D eigenvalue weighted by atomic mass is 35.5. The summed E-state index contributed by atoms with van der Waals surface area (Å²) in [6.45, 7) is 2.10. The number of sulfonamides is 1. The average molecular weight is 389 g/mol. The van der Waals surface area contributed by atoms with Gasteiger partial charge in [-0.3, -0.25) is 0 Å². The molecule has 0 bridgehead atoms. The van der Waals surface area contributed by atoms with Crippen LogP contribution in [0.2, 0.25) is 10.0 Å². The Labute approximate surface area is 149 Å². The van der Waals surface area contributed by atoms with Crippen LogP contribution < -0.4 is 9.57 Å². The number of phenols is 1. The Kier molecular flexibility index (Phi) is 5.93. The van der Waals surface area contributed by atoms with E-state index in [1.807, 2.05) is 0 Å². The quantitative estimate of drug-likeness (QED) is 0.586. The van der Waals surface area contributed by atoms with Gasteiger partial charge in [0.15, 0.2) is 11.5 Å². The molecule has 0 unspecified atom stereocenters. The van der Waals surface area contributed by atoms with E-state index in [9.17, 15) is 13.5 Å². The molecule has 0 aliphatic heterocycles. The number of hydrogen-bond donors (Lipinski definition) is 2. The number of nitrogens with zero attached hydrogens (tertiary/aromatic N) is 1. The van der Waals surface area contributed by atoms with Gasteiger partial charge in [0, 0.05) is 5.02 Å². The highest BCUT2D eigenvalue weighted by molar-refractivity contribution is 7.89. The molecule has 128 valence electrons. The van der Waals surface area contributed by atoms with Crippen molar-refractivity contribution in [3.63, 3.8) is 0 Å². The van der Waals surface area contributed by atoms with E-state index in [-0.39, 0.29) is 21.4 Å². The maximum absolute atomic E-state index is 12.1. The first-order valence-corrected chi connectivity index (χ1v) is 9.03. The van der Waals surface area contributed by atoms with Crippen molar-refractivity contribution in [2.45, 2.75) is 11.8 Å². The molecule has 2 aromatic rings. The lowest BCUT2D eigenvalue weighted by Crippen LogP contribution is -2.18. The first-order chi connectivity index (χ1) is 11.3. The zero-order chi connectivity index (χ0) is 17.7. The zero-order valence-corrected chi connectivity index (χ0v) is 14.9. The summed E-state index contributed by atoms with van der Waals surface area (Å²) in [6.07, 6.45) is 1.25. The van der Waals surface area contributed by atoms with Gasteiger partial charge in [0.05, 0.1) is 22.7 Å². The predicted octanol–water partition coefficient (Wildman–Crippen LogP) is 3.41. The largest absolute Gasteiger partial charge is 0.503 e. The van der Waals surface area contributed by atoms with Crippen LogP contribution in [-0.4, -0.2) is 26.3 Å². The molecule has 0 saturated carbocycles. The molecule has 2 rings (SSSR count). The lowest BCUT2D eigenvalue weighted by molar-refractivity contribution is 0.318. The highest BCUT2D eigenvalue weighted by Crippen LogP contribution is 2.34. The Morgan fingerprint density at radius 1 is 1.25 bits per heavy atom. The molecule has 0 amide bonds. The van der Waals surface area contributed by atoms with Crippen molar-refractivity contribution in [1.29, 1.82) is 0 Å². The third kappa shape index (κ3) is 4.53. The normalized spacial score (nSPS) is 11.6. The molecule has 9 heteroatoms. The van der Waals surface area contributed by atoms with Gasteiger partial charge >= 0.3 is 0 Å². The minimum Gasteiger partial charge on any atom is -0.503 e. The number of halogens is 2. The van der Waals surface area contributed by atoms with Crippen molar-refractivity contribution in [3.05, 3.63) is 52.0 Å². The van der Waals surface area contributed by atoms with Gasteiger partial charge in [-0.1, -0.05) is 23.2 Å². The number of nitrogens with one attached hydrogen (secondary N) is 1. The van der Waals surface area contributed by atoms with Gasteiger partial charge in [-0.05, 0) is 48.9 Å². The molecule has 2 N–H and O–H groups in total. The molecule has 24 heavy (non-hydrogen) atoms. The van der Waals surface area contributed by atoms with Gasteiger partial charge < -0.3 is 9.84 Å². The smallest absolute Gasteiger partial charge is 0.276 e. The maximum Gasteiger partial charge on any atom is 0.276 e. The maximum atomic E-state index is 12.1. The van der Waals surface area contributed by atoms with E-state index in [1.54, 1.807) is 6.92 Å². The van der Waals surface area contributed by atoms with Crippen LogP contribution in [0.3, 0.4) is 0 Å². The summed E-state index contributed by atoms with van der Waals surface area (Å²) in [5.74, 6) is 0.00409. The first-order valence-electron chi connectivity index (χ1n) is 6.79. The van der Waals surface area contributed by atoms with E-state index in [1.165, 1.54) is 42.6 Å². The summed E-state index contributed by atoms with van der Waals surface area (Å²) in [5, 5.41) is 13.9. The van der Waals surface area contributed by atoms with Gasteiger partial charge in [0.1, 0.15) is 0 Å². The molecule has 0 aliphatic carbocycles. The number of rotatable bonds is 6. The van der Waals surface area contributed by atoms with Crippen LogP contribution in [0.15, 0.2) is 46.4 Å². The van der Waals surface area contributed by atoms with Gasteiger partial charge in [-0.15, -0.1) is 0 Å². The number of aromatic hydroxyl groups is 1. The predicted molar refractivity (Wildman–Crippen MR) is 93.7 cm³/mol. The lowest BCUT2D eigenvalue weighted by atomic mass is 10.2. The second-order valence-corrected chi connectivity index (χ2v) is 7.09. The van der Waals surface area contributed by atoms with Crippen molar-refractivity contribution in [3.8, 4) is 11.5 Å². The molecular formula is C15H14Cl2N2O4S. The third-order valence-corrected chi connectivity index (χ3v) is 4.64. The Balaban J connectivity index is 2.18. The summed E-state index contributed by atoms with van der Waals surface area (Å²) in [4.78, 5) is 2.11. The summed E-state index contributed by atoms with van der Waals surface area (Å²) in [6, 6.07) is 8.59. The van der Waals surface area contributed by atoms with Gasteiger partial charge in [-0.2, -0.15) is 13.5 Å². The second kappa shape index (κ2) is 7.74. The van der Waals surface area contributed by atoms with E-state index >= 15 is 0 Å². The fourth-order valence-electron chi connectivity index (χ4n) is 1.77. The molecule has 0 fully saturated rings. The highest BCUT2D eigenvalue weighted by Gasteiger charge is 2.12. The topological polar surface area (TPSA) is 88.0 Å². The van der Waals surface area contributed by atoms with Gasteiger partial charge in [0.2, 0.25) is 0 Å². The Morgan fingerprint density at radius 2 is 1.92 bits per heavy atom. The molecule has 0 atom stereocenters. The van der Waals surface area contributed by atoms with Crippen LogP contribution in [0.4, 0.5) is 0 Å². The fourth-order valence-corrected chi connectivity index (χ4v) is 2.91. The third-order valence-electron chi connectivity index (χ3n) is 2.86. The number of ether oxygens (including phenoxy) is 1. The summed E-state index contributed by atoms with van der Waals surface area (Å²) in [5.41, 5.74) is 0.458. The van der Waals surface area contributed by atoms with E-state index < -0.39 is 10.0 Å². The fraction of sp³-hybridized carbons (Fsp3) is 0.133. The van der Waals surface area contributed by atoms with Crippen LogP contribution in [0.25, 0.3) is 0 Å². The number of benzene rings is 2. The van der Waals surface area contributed by atoms with Crippen LogP contribution in [0.1, 0.15) is 12.5 Å². The molecular weight excluding hydrogens is 375 g/mol. The summed E-state index contributed by atoms with van der Waals surface area (Å²) < 4.78 is 29.4. The van der Waals surface area contributed by atoms with E-state index in [4.69, 9.17) is 27.9 Å². The first kappa shape index (κ1) is 18.4. The molecule has 0 aliphatic rings. The molecule has 0 heterocycles.